The van der Waals surface area contributed by atoms with Gasteiger partial charge in [0.1, 0.15) is 5.54 Å². The van der Waals surface area contributed by atoms with E-state index in [9.17, 15) is 4.79 Å². The maximum absolute atomic E-state index is 11.0. The second-order valence-corrected chi connectivity index (χ2v) is 4.21. The highest BCUT2D eigenvalue weighted by atomic mass is 16.4. The number of hydrogen-bond acceptors (Lipinski definition) is 2. The first-order valence-electron chi connectivity index (χ1n) is 4.79. The third-order valence-corrected chi connectivity index (χ3v) is 2.63. The minimum absolute atomic E-state index is 0.496. The molecule has 3 nitrogen and oxygen atoms in total. The van der Waals surface area contributed by atoms with E-state index in [-0.39, 0.29) is 0 Å². The van der Waals surface area contributed by atoms with Crippen LogP contribution in [-0.2, 0) is 4.79 Å². The summed E-state index contributed by atoms with van der Waals surface area (Å²) < 4.78 is 0. The molecule has 1 unspecified atom stereocenters. The number of carbonyl (C=O) groups is 1. The Labute approximate surface area is 80.7 Å². The first-order chi connectivity index (χ1) is 5.84. The summed E-state index contributed by atoms with van der Waals surface area (Å²) in [6, 6.07) is 0. The first-order valence-corrected chi connectivity index (χ1v) is 4.79. The van der Waals surface area contributed by atoms with Crippen molar-refractivity contribution in [3.63, 3.8) is 0 Å². The van der Waals surface area contributed by atoms with Crippen molar-refractivity contribution in [1.29, 1.82) is 0 Å². The van der Waals surface area contributed by atoms with Gasteiger partial charge in [-0.25, -0.2) is 0 Å². The summed E-state index contributed by atoms with van der Waals surface area (Å²) in [5.41, 5.74) is -0.718. The van der Waals surface area contributed by atoms with Crippen molar-refractivity contribution >= 4 is 5.97 Å². The molecule has 0 aliphatic heterocycles. The van der Waals surface area contributed by atoms with Crippen LogP contribution in [-0.4, -0.2) is 35.1 Å². The second kappa shape index (κ2) is 4.61. The molecule has 0 spiro atoms. The van der Waals surface area contributed by atoms with Crippen LogP contribution in [0.1, 0.15) is 34.1 Å². The molecule has 0 aliphatic carbocycles. The fraction of sp³-hybridized carbons (Fsp3) is 0.900. The summed E-state index contributed by atoms with van der Waals surface area (Å²) in [7, 11) is 1.87. The van der Waals surface area contributed by atoms with E-state index in [4.69, 9.17) is 5.11 Å². The lowest BCUT2D eigenvalue weighted by atomic mass is 9.96. The van der Waals surface area contributed by atoms with Gasteiger partial charge < -0.3 is 5.11 Å². The Balaban J connectivity index is 4.47. The monoisotopic (exact) mass is 187 g/mol. The molecule has 0 rings (SSSR count). The lowest BCUT2D eigenvalue weighted by Gasteiger charge is -2.35. The normalized spacial score (nSPS) is 16.2. The van der Waals surface area contributed by atoms with Crippen LogP contribution in [0.4, 0.5) is 0 Å². The van der Waals surface area contributed by atoms with E-state index >= 15 is 0 Å². The average molecular weight is 187 g/mol. The summed E-state index contributed by atoms with van der Waals surface area (Å²) in [5, 5.41) is 9.07. The minimum Gasteiger partial charge on any atom is -0.480 e. The molecule has 0 fully saturated rings. The van der Waals surface area contributed by atoms with Crippen LogP contribution in [0.5, 0.6) is 0 Å². The summed E-state index contributed by atoms with van der Waals surface area (Å²) in [5.74, 6) is -0.242. The Bertz CT molecular complexity index is 180. The highest BCUT2D eigenvalue weighted by Gasteiger charge is 2.35. The molecule has 3 heteroatoms. The molecule has 0 saturated carbocycles. The smallest absolute Gasteiger partial charge is 0.323 e. The van der Waals surface area contributed by atoms with E-state index < -0.39 is 11.5 Å². The van der Waals surface area contributed by atoms with Crippen molar-refractivity contribution in [3.05, 3.63) is 0 Å². The first kappa shape index (κ1) is 12.4. The van der Waals surface area contributed by atoms with Crippen molar-refractivity contribution in [3.8, 4) is 0 Å². The Hall–Kier alpha value is -0.570. The summed E-state index contributed by atoms with van der Waals surface area (Å²) in [4.78, 5) is 13.0. The Morgan fingerprint density at radius 2 is 2.00 bits per heavy atom. The van der Waals surface area contributed by atoms with E-state index in [1.165, 1.54) is 0 Å². The summed E-state index contributed by atoms with van der Waals surface area (Å²) in [6.45, 7) is 8.68. The molecule has 1 atom stereocenters. The number of aliphatic carboxylic acids is 1. The zero-order valence-electron chi connectivity index (χ0n) is 9.29. The van der Waals surface area contributed by atoms with Gasteiger partial charge in [0.05, 0.1) is 0 Å². The number of rotatable bonds is 5. The number of hydrogen-bond donors (Lipinski definition) is 1. The summed E-state index contributed by atoms with van der Waals surface area (Å²) >= 11 is 0. The van der Waals surface area contributed by atoms with Crippen LogP contribution in [0.25, 0.3) is 0 Å². The molecular weight excluding hydrogens is 166 g/mol. The molecule has 0 amide bonds. The van der Waals surface area contributed by atoms with Gasteiger partial charge in [-0.1, -0.05) is 20.8 Å². The predicted molar refractivity (Wildman–Crippen MR) is 53.8 cm³/mol. The Morgan fingerprint density at radius 3 is 2.23 bits per heavy atom. The third-order valence-electron chi connectivity index (χ3n) is 2.63. The molecule has 0 saturated heterocycles. The van der Waals surface area contributed by atoms with Crippen molar-refractivity contribution in [2.24, 2.45) is 5.92 Å². The minimum atomic E-state index is -0.738. The second-order valence-electron chi connectivity index (χ2n) is 4.21. The van der Waals surface area contributed by atoms with Gasteiger partial charge in [-0.2, -0.15) is 0 Å². The zero-order valence-corrected chi connectivity index (χ0v) is 9.29. The molecule has 0 heterocycles. The van der Waals surface area contributed by atoms with Gasteiger partial charge in [-0.05, 0) is 26.3 Å². The van der Waals surface area contributed by atoms with Gasteiger partial charge in [0.2, 0.25) is 0 Å². The largest absolute Gasteiger partial charge is 0.480 e. The fourth-order valence-electron chi connectivity index (χ4n) is 1.33. The SMILES string of the molecule is CCC(C)(C(=O)O)N(C)CC(C)C. The molecule has 0 radical (unpaired) electrons. The highest BCUT2D eigenvalue weighted by molar-refractivity contribution is 5.78. The van der Waals surface area contributed by atoms with Gasteiger partial charge >= 0.3 is 5.97 Å². The number of nitrogens with zero attached hydrogens (tertiary/aromatic N) is 1. The fourth-order valence-corrected chi connectivity index (χ4v) is 1.33. The van der Waals surface area contributed by atoms with Crippen molar-refractivity contribution < 1.29 is 9.90 Å². The number of carboxylic acid groups (broad SMARTS) is 1. The van der Waals surface area contributed by atoms with Crippen LogP contribution in [0, 0.1) is 5.92 Å². The molecule has 0 aliphatic rings. The van der Waals surface area contributed by atoms with Crippen LogP contribution in [0.3, 0.4) is 0 Å². The maximum Gasteiger partial charge on any atom is 0.323 e. The molecule has 13 heavy (non-hydrogen) atoms. The van der Waals surface area contributed by atoms with Crippen LogP contribution in [0.15, 0.2) is 0 Å². The number of carboxylic acids is 1. The van der Waals surface area contributed by atoms with Crippen molar-refractivity contribution in [1.82, 2.24) is 4.90 Å². The van der Waals surface area contributed by atoms with E-state index in [0.717, 1.165) is 6.54 Å². The van der Waals surface area contributed by atoms with Gasteiger partial charge in [0, 0.05) is 6.54 Å². The van der Waals surface area contributed by atoms with Crippen LogP contribution < -0.4 is 0 Å². The zero-order chi connectivity index (χ0) is 10.6. The molecule has 78 valence electrons. The highest BCUT2D eigenvalue weighted by Crippen LogP contribution is 2.19. The third kappa shape index (κ3) is 2.99. The molecule has 0 bridgehead atoms. The van der Waals surface area contributed by atoms with Crippen LogP contribution in [0.2, 0.25) is 0 Å². The topological polar surface area (TPSA) is 40.5 Å². The van der Waals surface area contributed by atoms with E-state index in [2.05, 4.69) is 13.8 Å². The Morgan fingerprint density at radius 1 is 1.54 bits per heavy atom. The quantitative estimate of drug-likeness (QED) is 0.713. The molecular formula is C10H21NO2. The lowest BCUT2D eigenvalue weighted by Crippen LogP contribution is -2.51. The molecule has 0 aromatic rings. The van der Waals surface area contributed by atoms with Crippen molar-refractivity contribution in [2.75, 3.05) is 13.6 Å². The van der Waals surface area contributed by atoms with Gasteiger partial charge in [-0.3, -0.25) is 9.69 Å². The molecule has 0 aromatic carbocycles. The van der Waals surface area contributed by atoms with Gasteiger partial charge in [0.15, 0.2) is 0 Å². The van der Waals surface area contributed by atoms with Crippen molar-refractivity contribution in [2.45, 2.75) is 39.7 Å². The molecule has 0 aromatic heterocycles. The van der Waals surface area contributed by atoms with E-state index in [0.29, 0.717) is 12.3 Å². The standard InChI is InChI=1S/C10H21NO2/c1-6-10(4,9(12)13)11(5)7-8(2)3/h8H,6-7H2,1-5H3,(H,12,13). The molecule has 1 N–H and O–H groups in total. The Kier molecular flexibility index (Phi) is 4.40. The summed E-state index contributed by atoms with van der Waals surface area (Å²) in [6.07, 6.45) is 0.631. The number of likely N-dealkylation sites (N-methyl/N-ethyl adjacent to an activating group) is 1. The van der Waals surface area contributed by atoms with E-state index in [1.54, 1.807) is 6.92 Å². The van der Waals surface area contributed by atoms with Gasteiger partial charge in [0.25, 0.3) is 0 Å². The van der Waals surface area contributed by atoms with Gasteiger partial charge in [-0.15, -0.1) is 0 Å². The van der Waals surface area contributed by atoms with E-state index in [1.807, 2.05) is 18.9 Å². The predicted octanol–water partition coefficient (Wildman–Crippen LogP) is 1.83. The maximum atomic E-state index is 11.0. The van der Waals surface area contributed by atoms with Crippen LogP contribution >= 0.6 is 0 Å². The lowest BCUT2D eigenvalue weighted by molar-refractivity contribution is -0.150. The average Bonchev–Trinajstić information content (AvgIpc) is 2.01.